The first-order valence-electron chi connectivity index (χ1n) is 6.23. The third-order valence-corrected chi connectivity index (χ3v) is 2.77. The molecule has 5 N–H and O–H groups in total. The molecule has 19 heavy (non-hydrogen) atoms. The molecular formula is C14H21N3O2. The van der Waals surface area contributed by atoms with E-state index in [1.807, 2.05) is 24.3 Å². The normalized spacial score (nSPS) is 11.1. The molecule has 104 valence electrons. The van der Waals surface area contributed by atoms with E-state index in [1.54, 1.807) is 13.8 Å². The summed E-state index contributed by atoms with van der Waals surface area (Å²) in [6.45, 7) is 3.54. The van der Waals surface area contributed by atoms with Crippen LogP contribution in [-0.2, 0) is 16.0 Å². The first-order valence-corrected chi connectivity index (χ1v) is 6.23. The van der Waals surface area contributed by atoms with Crippen molar-refractivity contribution in [2.45, 2.75) is 38.6 Å². The largest absolute Gasteiger partial charge is 0.399 e. The third kappa shape index (κ3) is 5.42. The Morgan fingerprint density at radius 3 is 2.47 bits per heavy atom. The number of carbonyl (C=O) groups is 2. The predicted molar refractivity (Wildman–Crippen MR) is 75.2 cm³/mol. The molecule has 5 nitrogen and oxygen atoms in total. The van der Waals surface area contributed by atoms with Crippen molar-refractivity contribution in [3.05, 3.63) is 29.8 Å². The minimum absolute atomic E-state index is 0.116. The van der Waals surface area contributed by atoms with Gasteiger partial charge in [-0.25, -0.2) is 0 Å². The average molecular weight is 263 g/mol. The summed E-state index contributed by atoms with van der Waals surface area (Å²) in [5.74, 6) is -0.549. The van der Waals surface area contributed by atoms with Crippen molar-refractivity contribution in [1.29, 1.82) is 0 Å². The number of anilines is 1. The first-order chi connectivity index (χ1) is 8.80. The topological polar surface area (TPSA) is 98.2 Å². The Labute approximate surface area is 113 Å². The van der Waals surface area contributed by atoms with Crippen LogP contribution in [0.2, 0.25) is 0 Å². The number of carbonyl (C=O) groups excluding carboxylic acids is 2. The monoisotopic (exact) mass is 263 g/mol. The highest BCUT2D eigenvalue weighted by Crippen LogP contribution is 2.13. The highest BCUT2D eigenvalue weighted by Gasteiger charge is 2.22. The molecule has 2 amide bonds. The van der Waals surface area contributed by atoms with Gasteiger partial charge in [0.15, 0.2) is 0 Å². The quantitative estimate of drug-likeness (QED) is 0.667. The van der Waals surface area contributed by atoms with Crippen LogP contribution < -0.4 is 16.8 Å². The van der Waals surface area contributed by atoms with Gasteiger partial charge in [-0.05, 0) is 31.9 Å². The SMILES string of the molecule is CC(C)(CC(N)=O)NC(=O)CCc1ccccc1N. The molecule has 0 saturated heterocycles. The molecule has 0 aliphatic rings. The number of nitrogens with two attached hydrogens (primary N) is 2. The highest BCUT2D eigenvalue weighted by atomic mass is 16.2. The third-order valence-electron chi connectivity index (χ3n) is 2.77. The van der Waals surface area contributed by atoms with Gasteiger partial charge in [-0.3, -0.25) is 9.59 Å². The Kier molecular flexibility index (Phi) is 4.92. The molecule has 0 radical (unpaired) electrons. The second kappa shape index (κ2) is 6.22. The fourth-order valence-corrected chi connectivity index (χ4v) is 1.93. The maximum atomic E-state index is 11.8. The van der Waals surface area contributed by atoms with Gasteiger partial charge in [0.25, 0.3) is 0 Å². The van der Waals surface area contributed by atoms with Crippen LogP contribution in [0.3, 0.4) is 0 Å². The van der Waals surface area contributed by atoms with Gasteiger partial charge in [0.2, 0.25) is 11.8 Å². The summed E-state index contributed by atoms with van der Waals surface area (Å²) in [6.07, 6.45) is 1.02. The van der Waals surface area contributed by atoms with E-state index in [0.717, 1.165) is 5.56 Å². The van der Waals surface area contributed by atoms with Gasteiger partial charge in [0.05, 0.1) is 0 Å². The number of rotatable bonds is 6. The summed E-state index contributed by atoms with van der Waals surface area (Å²) in [7, 11) is 0. The van der Waals surface area contributed by atoms with Gasteiger partial charge < -0.3 is 16.8 Å². The minimum Gasteiger partial charge on any atom is -0.399 e. The van der Waals surface area contributed by atoms with Crippen molar-refractivity contribution in [2.75, 3.05) is 5.73 Å². The minimum atomic E-state index is -0.620. The molecule has 0 spiro atoms. The van der Waals surface area contributed by atoms with Crippen molar-refractivity contribution in [2.24, 2.45) is 5.73 Å². The van der Waals surface area contributed by atoms with Crippen molar-refractivity contribution >= 4 is 17.5 Å². The number of benzene rings is 1. The van der Waals surface area contributed by atoms with Gasteiger partial charge >= 0.3 is 0 Å². The van der Waals surface area contributed by atoms with Gasteiger partial charge in [0.1, 0.15) is 0 Å². The molecule has 1 rings (SSSR count). The lowest BCUT2D eigenvalue weighted by molar-refractivity contribution is -0.123. The maximum absolute atomic E-state index is 11.8. The van der Waals surface area contributed by atoms with Crippen LogP contribution >= 0.6 is 0 Å². The number of para-hydroxylation sites is 1. The Morgan fingerprint density at radius 1 is 1.26 bits per heavy atom. The van der Waals surface area contributed by atoms with Crippen LogP contribution in [0.4, 0.5) is 5.69 Å². The zero-order chi connectivity index (χ0) is 14.5. The molecule has 0 atom stereocenters. The average Bonchev–Trinajstić information content (AvgIpc) is 2.25. The van der Waals surface area contributed by atoms with Crippen molar-refractivity contribution in [3.8, 4) is 0 Å². The number of primary amides is 1. The summed E-state index contributed by atoms with van der Waals surface area (Å²) in [6, 6.07) is 7.46. The molecule has 5 heteroatoms. The number of hydrogen-bond acceptors (Lipinski definition) is 3. The van der Waals surface area contributed by atoms with Crippen LogP contribution in [0.1, 0.15) is 32.3 Å². The summed E-state index contributed by atoms with van der Waals surface area (Å²) < 4.78 is 0. The van der Waals surface area contributed by atoms with Gasteiger partial charge in [0, 0.05) is 24.1 Å². The summed E-state index contributed by atoms with van der Waals surface area (Å²) in [5.41, 5.74) is 12.0. The second-order valence-electron chi connectivity index (χ2n) is 5.27. The maximum Gasteiger partial charge on any atom is 0.220 e. The van der Waals surface area contributed by atoms with E-state index in [-0.39, 0.29) is 12.3 Å². The zero-order valence-corrected chi connectivity index (χ0v) is 11.4. The molecule has 0 aliphatic heterocycles. The molecule has 0 aromatic heterocycles. The summed E-state index contributed by atoms with van der Waals surface area (Å²) in [5, 5.41) is 2.80. The first kappa shape index (κ1) is 15.0. The summed E-state index contributed by atoms with van der Waals surface area (Å²) in [4.78, 5) is 22.7. The smallest absolute Gasteiger partial charge is 0.220 e. The van der Waals surface area contributed by atoms with Crippen molar-refractivity contribution in [1.82, 2.24) is 5.32 Å². The zero-order valence-electron chi connectivity index (χ0n) is 11.4. The Balaban J connectivity index is 2.48. The lowest BCUT2D eigenvalue weighted by atomic mass is 9.99. The molecule has 0 heterocycles. The van der Waals surface area contributed by atoms with E-state index in [0.29, 0.717) is 18.5 Å². The molecule has 1 aromatic rings. The fourth-order valence-electron chi connectivity index (χ4n) is 1.93. The molecule has 0 bridgehead atoms. The van der Waals surface area contributed by atoms with E-state index in [4.69, 9.17) is 11.5 Å². The number of nitrogen functional groups attached to an aromatic ring is 1. The molecular weight excluding hydrogens is 242 g/mol. The van der Waals surface area contributed by atoms with E-state index in [2.05, 4.69) is 5.32 Å². The predicted octanol–water partition coefficient (Wildman–Crippen LogP) is 0.972. The Bertz CT molecular complexity index is 470. The number of amides is 2. The second-order valence-corrected chi connectivity index (χ2v) is 5.27. The standard InChI is InChI=1S/C14H21N3O2/c1-14(2,9-12(16)18)17-13(19)8-7-10-5-3-4-6-11(10)15/h3-6H,7-9,15H2,1-2H3,(H2,16,18)(H,17,19). The lowest BCUT2D eigenvalue weighted by Gasteiger charge is -2.24. The van der Waals surface area contributed by atoms with E-state index < -0.39 is 11.4 Å². The Morgan fingerprint density at radius 2 is 1.89 bits per heavy atom. The molecule has 0 fully saturated rings. The highest BCUT2D eigenvalue weighted by molar-refractivity contribution is 5.80. The molecule has 0 aliphatic carbocycles. The van der Waals surface area contributed by atoms with Gasteiger partial charge in [-0.15, -0.1) is 0 Å². The van der Waals surface area contributed by atoms with Crippen molar-refractivity contribution in [3.63, 3.8) is 0 Å². The van der Waals surface area contributed by atoms with Crippen molar-refractivity contribution < 1.29 is 9.59 Å². The fraction of sp³-hybridized carbons (Fsp3) is 0.429. The lowest BCUT2D eigenvalue weighted by Crippen LogP contribution is -2.46. The summed E-state index contributed by atoms with van der Waals surface area (Å²) >= 11 is 0. The molecule has 0 saturated carbocycles. The van der Waals surface area contributed by atoms with Gasteiger partial charge in [-0.1, -0.05) is 18.2 Å². The molecule has 0 unspecified atom stereocenters. The van der Waals surface area contributed by atoms with Crippen LogP contribution in [0, 0.1) is 0 Å². The van der Waals surface area contributed by atoms with E-state index in [1.165, 1.54) is 0 Å². The van der Waals surface area contributed by atoms with E-state index in [9.17, 15) is 9.59 Å². The molecule has 1 aromatic carbocycles. The number of hydrogen-bond donors (Lipinski definition) is 3. The number of nitrogens with one attached hydrogen (secondary N) is 1. The van der Waals surface area contributed by atoms with Crippen LogP contribution in [0.15, 0.2) is 24.3 Å². The van der Waals surface area contributed by atoms with E-state index >= 15 is 0 Å². The van der Waals surface area contributed by atoms with Gasteiger partial charge in [-0.2, -0.15) is 0 Å². The van der Waals surface area contributed by atoms with Crippen LogP contribution in [0.25, 0.3) is 0 Å². The van der Waals surface area contributed by atoms with Crippen LogP contribution in [0.5, 0.6) is 0 Å². The van der Waals surface area contributed by atoms with Crippen LogP contribution in [-0.4, -0.2) is 17.4 Å². The Hall–Kier alpha value is -2.04. The number of aryl methyl sites for hydroxylation is 1.